The third-order valence-corrected chi connectivity index (χ3v) is 5.42. The Hall–Kier alpha value is -3.59. The normalized spacial score (nSPS) is 14.5. The molecule has 1 fully saturated rings. The number of phenols is 2. The maximum atomic E-state index is 10.4. The summed E-state index contributed by atoms with van der Waals surface area (Å²) in [5.41, 5.74) is 2.96. The van der Waals surface area contributed by atoms with Crippen LogP contribution in [0.1, 0.15) is 36.5 Å². The number of nitrogens with zero attached hydrogens (tertiary/aromatic N) is 5. The lowest BCUT2D eigenvalue weighted by Gasteiger charge is -2.23. The molecule has 168 valence electrons. The number of aromatic nitrogens is 3. The van der Waals surface area contributed by atoms with Crippen molar-refractivity contribution in [3.63, 3.8) is 0 Å². The van der Waals surface area contributed by atoms with Gasteiger partial charge in [-0.3, -0.25) is 9.58 Å². The minimum Gasteiger partial charge on any atom is -0.508 e. The van der Waals surface area contributed by atoms with Crippen LogP contribution in [-0.2, 0) is 11.3 Å². The average molecular weight is 438 g/mol. The van der Waals surface area contributed by atoms with Crippen molar-refractivity contribution in [3.05, 3.63) is 53.1 Å². The van der Waals surface area contributed by atoms with Crippen molar-refractivity contribution in [2.45, 2.75) is 26.3 Å². The van der Waals surface area contributed by atoms with Gasteiger partial charge in [0, 0.05) is 6.07 Å². The Morgan fingerprint density at radius 1 is 1.03 bits per heavy atom. The Balaban J connectivity index is 1.56. The third kappa shape index (κ3) is 4.67. The van der Waals surface area contributed by atoms with E-state index in [1.807, 2.05) is 49.3 Å². The molecule has 1 saturated heterocycles. The second-order valence-corrected chi connectivity index (χ2v) is 8.04. The van der Waals surface area contributed by atoms with Crippen LogP contribution in [0.5, 0.6) is 17.5 Å². The highest BCUT2D eigenvalue weighted by Gasteiger charge is 2.20. The Labute approximate surface area is 186 Å². The molecule has 2 heterocycles. The van der Waals surface area contributed by atoms with Crippen LogP contribution < -0.4 is 0 Å². The average Bonchev–Trinajstić information content (AvgIpc) is 3.14. The molecular formula is C23H27N5O4. The molecule has 0 unspecified atom stereocenters. The van der Waals surface area contributed by atoms with Crippen LogP contribution in [-0.4, -0.2) is 67.6 Å². The maximum Gasteiger partial charge on any atom is 0.315 e. The van der Waals surface area contributed by atoms with Gasteiger partial charge >= 0.3 is 6.01 Å². The van der Waals surface area contributed by atoms with E-state index in [0.717, 1.165) is 24.2 Å². The molecule has 0 saturated carbocycles. The molecule has 1 aliphatic rings. The number of benzene rings is 2. The highest BCUT2D eigenvalue weighted by Crippen LogP contribution is 2.38. The Morgan fingerprint density at radius 2 is 1.75 bits per heavy atom. The van der Waals surface area contributed by atoms with Crippen molar-refractivity contribution in [3.8, 4) is 28.9 Å². The number of rotatable bonds is 6. The number of hydrogen-bond donors (Lipinski definition) is 3. The maximum absolute atomic E-state index is 10.4. The molecule has 0 spiro atoms. The van der Waals surface area contributed by atoms with Crippen molar-refractivity contribution in [2.75, 3.05) is 26.3 Å². The lowest BCUT2D eigenvalue weighted by atomic mass is 9.98. The lowest BCUT2D eigenvalue weighted by molar-refractivity contribution is 0.0397. The lowest BCUT2D eigenvalue weighted by Crippen LogP contribution is -2.32. The van der Waals surface area contributed by atoms with Gasteiger partial charge in [-0.2, -0.15) is 5.10 Å². The van der Waals surface area contributed by atoms with Crippen LogP contribution in [0.3, 0.4) is 0 Å². The largest absolute Gasteiger partial charge is 0.508 e. The summed E-state index contributed by atoms with van der Waals surface area (Å²) in [6.45, 7) is 7.16. The van der Waals surface area contributed by atoms with Gasteiger partial charge in [-0.1, -0.05) is 43.2 Å². The molecule has 0 aliphatic carbocycles. The fourth-order valence-electron chi connectivity index (χ4n) is 3.58. The predicted molar refractivity (Wildman–Crippen MR) is 120 cm³/mol. The summed E-state index contributed by atoms with van der Waals surface area (Å²) >= 11 is 0. The molecule has 32 heavy (non-hydrogen) atoms. The van der Waals surface area contributed by atoms with Crippen LogP contribution >= 0.6 is 0 Å². The van der Waals surface area contributed by atoms with Gasteiger partial charge in [0.2, 0.25) is 0 Å². The number of hydrazone groups is 1. The minimum absolute atomic E-state index is 0.0193. The summed E-state index contributed by atoms with van der Waals surface area (Å²) in [5, 5.41) is 45.1. The van der Waals surface area contributed by atoms with Crippen molar-refractivity contribution in [1.82, 2.24) is 19.8 Å². The molecule has 1 aliphatic heterocycles. The van der Waals surface area contributed by atoms with Crippen LogP contribution in [0.4, 0.5) is 0 Å². The second kappa shape index (κ2) is 9.27. The Kier molecular flexibility index (Phi) is 6.27. The van der Waals surface area contributed by atoms with E-state index in [4.69, 9.17) is 4.74 Å². The molecule has 0 radical (unpaired) electrons. The SMILES string of the molecule is CC(C)c1cc(-c2nnc(O)n2Cc2ccc(/C=N/N3CCOCC3)cc2)c(O)cc1O. The molecule has 3 aromatic rings. The number of aromatic hydroxyl groups is 3. The molecular weight excluding hydrogens is 410 g/mol. The highest BCUT2D eigenvalue weighted by atomic mass is 16.5. The zero-order valence-corrected chi connectivity index (χ0v) is 18.1. The first-order valence-electron chi connectivity index (χ1n) is 10.6. The number of morpholine rings is 1. The molecule has 9 heteroatoms. The molecule has 0 bridgehead atoms. The summed E-state index contributed by atoms with van der Waals surface area (Å²) in [4.78, 5) is 0. The van der Waals surface area contributed by atoms with E-state index in [-0.39, 0.29) is 23.4 Å². The number of phenolic OH excluding ortho intramolecular Hbond substituents is 2. The topological polar surface area (TPSA) is 116 Å². The molecule has 0 atom stereocenters. The predicted octanol–water partition coefficient (Wildman–Crippen LogP) is 2.90. The third-order valence-electron chi connectivity index (χ3n) is 5.42. The monoisotopic (exact) mass is 437 g/mol. The van der Waals surface area contributed by atoms with E-state index in [9.17, 15) is 15.3 Å². The van der Waals surface area contributed by atoms with Gasteiger partial charge in [0.05, 0.1) is 44.6 Å². The second-order valence-electron chi connectivity index (χ2n) is 8.04. The quantitative estimate of drug-likeness (QED) is 0.508. The fraction of sp³-hybridized carbons (Fsp3) is 0.348. The van der Waals surface area contributed by atoms with Crippen molar-refractivity contribution >= 4 is 6.21 Å². The van der Waals surface area contributed by atoms with E-state index < -0.39 is 0 Å². The van der Waals surface area contributed by atoms with Gasteiger partial charge in [0.1, 0.15) is 11.5 Å². The Morgan fingerprint density at radius 3 is 2.44 bits per heavy atom. The van der Waals surface area contributed by atoms with Crippen LogP contribution in [0, 0.1) is 0 Å². The van der Waals surface area contributed by atoms with Crippen molar-refractivity contribution in [1.29, 1.82) is 0 Å². The zero-order valence-electron chi connectivity index (χ0n) is 18.1. The minimum atomic E-state index is -0.253. The molecule has 3 N–H and O–H groups in total. The summed E-state index contributed by atoms with van der Waals surface area (Å²) in [7, 11) is 0. The van der Waals surface area contributed by atoms with Gasteiger partial charge in [-0.15, -0.1) is 5.10 Å². The summed E-state index contributed by atoms with van der Waals surface area (Å²) in [6.07, 6.45) is 1.82. The summed E-state index contributed by atoms with van der Waals surface area (Å²) in [6, 6.07) is 10.5. The first-order valence-corrected chi connectivity index (χ1v) is 10.6. The zero-order chi connectivity index (χ0) is 22.7. The van der Waals surface area contributed by atoms with Crippen molar-refractivity contribution in [2.24, 2.45) is 5.10 Å². The van der Waals surface area contributed by atoms with Gasteiger partial charge in [-0.05, 0) is 28.7 Å². The highest BCUT2D eigenvalue weighted by molar-refractivity contribution is 5.79. The molecule has 1 aromatic heterocycles. The van der Waals surface area contributed by atoms with Crippen LogP contribution in [0.2, 0.25) is 0 Å². The van der Waals surface area contributed by atoms with Gasteiger partial charge in [0.25, 0.3) is 0 Å². The van der Waals surface area contributed by atoms with E-state index >= 15 is 0 Å². The molecule has 0 amide bonds. The fourth-order valence-corrected chi connectivity index (χ4v) is 3.58. The van der Waals surface area contributed by atoms with Crippen LogP contribution in [0.25, 0.3) is 11.4 Å². The first-order chi connectivity index (χ1) is 15.4. The van der Waals surface area contributed by atoms with E-state index in [1.165, 1.54) is 10.6 Å². The first kappa shape index (κ1) is 21.6. The van der Waals surface area contributed by atoms with Gasteiger partial charge in [-0.25, -0.2) is 0 Å². The molecule has 9 nitrogen and oxygen atoms in total. The van der Waals surface area contributed by atoms with Gasteiger partial charge < -0.3 is 20.1 Å². The van der Waals surface area contributed by atoms with Gasteiger partial charge in [0.15, 0.2) is 5.82 Å². The Bertz CT molecular complexity index is 1100. The van der Waals surface area contributed by atoms with E-state index in [2.05, 4.69) is 15.3 Å². The summed E-state index contributed by atoms with van der Waals surface area (Å²) in [5.74, 6) is 0.256. The smallest absolute Gasteiger partial charge is 0.315 e. The number of ether oxygens (including phenoxy) is 1. The number of hydrogen-bond acceptors (Lipinski definition) is 8. The van der Waals surface area contributed by atoms with Crippen molar-refractivity contribution < 1.29 is 20.1 Å². The standard InChI is InChI=1S/C23H27N5O4/c1-15(2)18-11-19(21(30)12-20(18)29)22-25-26-23(31)28(22)14-17-5-3-16(4-6-17)13-24-27-7-9-32-10-8-27/h3-6,11-13,15,29-30H,7-10,14H2,1-2H3,(H,26,31)/b24-13+. The van der Waals surface area contributed by atoms with E-state index in [1.54, 1.807) is 6.07 Å². The summed E-state index contributed by atoms with van der Waals surface area (Å²) < 4.78 is 6.84. The van der Waals surface area contributed by atoms with E-state index in [0.29, 0.717) is 36.7 Å². The molecule has 2 aromatic carbocycles. The van der Waals surface area contributed by atoms with Crippen LogP contribution in [0.15, 0.2) is 41.5 Å². The molecule has 4 rings (SSSR count).